The monoisotopic (exact) mass is 472 g/mol. The Labute approximate surface area is 196 Å². The highest BCUT2D eigenvalue weighted by atomic mass is 19.1. The lowest BCUT2D eigenvalue weighted by molar-refractivity contribution is -0.134. The van der Waals surface area contributed by atoms with Gasteiger partial charge in [0.2, 0.25) is 17.8 Å². The summed E-state index contributed by atoms with van der Waals surface area (Å²) in [6, 6.07) is 0. The number of hydrogen-bond donors (Lipinski definition) is 3. The van der Waals surface area contributed by atoms with Crippen LogP contribution in [0.4, 0.5) is 22.1 Å². The number of ether oxygens (including phenoxy) is 1. The van der Waals surface area contributed by atoms with Crippen molar-refractivity contribution in [3.8, 4) is 11.3 Å². The fourth-order valence-corrected chi connectivity index (χ4v) is 4.50. The van der Waals surface area contributed by atoms with Crippen LogP contribution in [0.1, 0.15) is 25.7 Å². The molecule has 0 unspecified atom stereocenters. The number of nitrogen functional groups attached to an aromatic ring is 1. The summed E-state index contributed by atoms with van der Waals surface area (Å²) in [5.41, 5.74) is 5.09. The number of halogens is 1. The largest absolute Gasteiger partial charge is 0.394 e. The summed E-state index contributed by atoms with van der Waals surface area (Å²) < 4.78 is 21.2. The predicted octanol–water partition coefficient (Wildman–Crippen LogP) is 0.667. The van der Waals surface area contributed by atoms with E-state index in [-0.39, 0.29) is 42.4 Å². The van der Waals surface area contributed by atoms with E-state index in [1.54, 1.807) is 4.90 Å². The van der Waals surface area contributed by atoms with Gasteiger partial charge in [0, 0.05) is 50.1 Å². The molecule has 2 saturated heterocycles. The van der Waals surface area contributed by atoms with Crippen molar-refractivity contribution in [3.63, 3.8) is 0 Å². The molecule has 34 heavy (non-hydrogen) atoms. The zero-order chi connectivity index (χ0) is 23.7. The number of aromatic nitrogens is 4. The molecule has 1 atom stereocenters. The molecule has 182 valence electrons. The number of nitrogens with one attached hydrogen (secondary N) is 1. The van der Waals surface area contributed by atoms with Crippen molar-refractivity contribution in [3.05, 3.63) is 18.2 Å². The summed E-state index contributed by atoms with van der Waals surface area (Å²) in [4.78, 5) is 33.3. The van der Waals surface area contributed by atoms with Crippen LogP contribution in [0.2, 0.25) is 0 Å². The number of aliphatic hydroxyl groups excluding tert-OH is 1. The maximum Gasteiger partial charge on any atom is 0.228 e. The molecular weight excluding hydrogens is 443 g/mol. The van der Waals surface area contributed by atoms with E-state index < -0.39 is 11.4 Å². The van der Waals surface area contributed by atoms with Crippen LogP contribution in [-0.2, 0) is 9.53 Å². The third-order valence-electron chi connectivity index (χ3n) is 6.58. The van der Waals surface area contributed by atoms with Gasteiger partial charge in [0.25, 0.3) is 0 Å². The Morgan fingerprint density at radius 3 is 2.65 bits per heavy atom. The standard InChI is InChI=1S/C22H29FN8O3/c23-16-17(15-10-25-20(24)26-11-15)27-21(30-6-8-34-9-7-30)28-18(16)29-22(13-32)4-1-5-31(12-22)19(33)14-2-3-14/h10-11,14,32H,1-9,12-13H2,(H2,24,25,26)(H,27,28,29)/t22-/m1/s1. The van der Waals surface area contributed by atoms with E-state index in [1.807, 2.05) is 4.90 Å². The van der Waals surface area contributed by atoms with Gasteiger partial charge in [-0.25, -0.2) is 19.3 Å². The number of anilines is 3. The van der Waals surface area contributed by atoms with E-state index in [2.05, 4.69) is 25.3 Å². The van der Waals surface area contributed by atoms with E-state index in [1.165, 1.54) is 12.4 Å². The number of morpholine rings is 1. The van der Waals surface area contributed by atoms with E-state index in [9.17, 15) is 9.90 Å². The number of amides is 1. The second-order valence-corrected chi connectivity index (χ2v) is 9.17. The lowest BCUT2D eigenvalue weighted by Crippen LogP contribution is -2.57. The minimum atomic E-state index is -0.908. The van der Waals surface area contributed by atoms with Gasteiger partial charge < -0.3 is 30.7 Å². The highest BCUT2D eigenvalue weighted by Crippen LogP contribution is 2.35. The number of carbonyl (C=O) groups is 1. The summed E-state index contributed by atoms with van der Waals surface area (Å²) in [7, 11) is 0. The number of hydrogen-bond acceptors (Lipinski definition) is 10. The zero-order valence-corrected chi connectivity index (χ0v) is 18.9. The molecule has 0 aromatic carbocycles. The molecule has 0 spiro atoms. The van der Waals surface area contributed by atoms with E-state index in [4.69, 9.17) is 10.5 Å². The molecule has 2 aliphatic heterocycles. The lowest BCUT2D eigenvalue weighted by atomic mass is 9.89. The number of aliphatic hydroxyl groups is 1. The smallest absolute Gasteiger partial charge is 0.228 e. The maximum absolute atomic E-state index is 15.8. The Hall–Kier alpha value is -3.12. The first kappa shape index (κ1) is 22.7. The SMILES string of the molecule is Nc1ncc(-c2nc(N3CCOCC3)nc(N[C@]3(CO)CCCN(C(=O)C4CC4)C3)c2F)cn1. The number of nitrogens with zero attached hydrogens (tertiary/aromatic N) is 6. The Kier molecular flexibility index (Phi) is 6.17. The van der Waals surface area contributed by atoms with Crippen molar-refractivity contribution in [2.45, 2.75) is 31.2 Å². The molecule has 1 saturated carbocycles. The van der Waals surface area contributed by atoms with Crippen LogP contribution in [0.5, 0.6) is 0 Å². The Morgan fingerprint density at radius 2 is 1.97 bits per heavy atom. The molecule has 3 aliphatic rings. The molecule has 5 rings (SSSR count). The van der Waals surface area contributed by atoms with Crippen LogP contribution in [0.3, 0.4) is 0 Å². The fraction of sp³-hybridized carbons (Fsp3) is 0.591. The third-order valence-corrected chi connectivity index (χ3v) is 6.58. The molecule has 4 N–H and O–H groups in total. The van der Waals surface area contributed by atoms with Crippen LogP contribution in [0.25, 0.3) is 11.3 Å². The number of rotatable bonds is 6. The summed E-state index contributed by atoms with van der Waals surface area (Å²) in [5.74, 6) is -0.103. The van der Waals surface area contributed by atoms with Crippen LogP contribution in [0.15, 0.2) is 12.4 Å². The van der Waals surface area contributed by atoms with Gasteiger partial charge in [0.1, 0.15) is 5.69 Å². The second kappa shape index (κ2) is 9.26. The molecule has 2 aromatic rings. The van der Waals surface area contributed by atoms with Crippen LogP contribution in [-0.4, -0.2) is 87.4 Å². The van der Waals surface area contributed by atoms with E-state index in [0.29, 0.717) is 57.2 Å². The second-order valence-electron chi connectivity index (χ2n) is 9.17. The molecule has 1 aliphatic carbocycles. The van der Waals surface area contributed by atoms with Gasteiger partial charge in [0.15, 0.2) is 11.6 Å². The Morgan fingerprint density at radius 1 is 1.24 bits per heavy atom. The number of nitrogens with two attached hydrogens (primary N) is 1. The molecule has 0 bridgehead atoms. The van der Waals surface area contributed by atoms with Gasteiger partial charge in [0.05, 0.1) is 25.4 Å². The van der Waals surface area contributed by atoms with Crippen molar-refractivity contribution in [2.75, 3.05) is 62.0 Å². The van der Waals surface area contributed by atoms with Crippen LogP contribution >= 0.6 is 0 Å². The number of likely N-dealkylation sites (tertiary alicyclic amines) is 1. The molecule has 1 amide bonds. The Balaban J connectivity index is 1.50. The molecule has 2 aromatic heterocycles. The van der Waals surface area contributed by atoms with Crippen molar-refractivity contribution < 1.29 is 19.0 Å². The normalized spacial score (nSPS) is 23.1. The quantitative estimate of drug-likeness (QED) is 0.549. The first-order chi connectivity index (χ1) is 16.5. The Bertz CT molecular complexity index is 1050. The highest BCUT2D eigenvalue weighted by Gasteiger charge is 2.42. The van der Waals surface area contributed by atoms with Gasteiger partial charge in [-0.05, 0) is 25.7 Å². The number of carbonyl (C=O) groups excluding carboxylic acids is 1. The van der Waals surface area contributed by atoms with Crippen LogP contribution in [0, 0.1) is 11.7 Å². The van der Waals surface area contributed by atoms with Crippen molar-refractivity contribution in [1.82, 2.24) is 24.8 Å². The first-order valence-electron chi connectivity index (χ1n) is 11.6. The molecule has 4 heterocycles. The van der Waals surface area contributed by atoms with Crippen molar-refractivity contribution in [2.24, 2.45) is 5.92 Å². The average Bonchev–Trinajstić information content (AvgIpc) is 3.72. The third kappa shape index (κ3) is 4.60. The van der Waals surface area contributed by atoms with Gasteiger partial charge in [-0.1, -0.05) is 0 Å². The minimum absolute atomic E-state index is 0.0295. The molecule has 0 radical (unpaired) electrons. The molecule has 12 heteroatoms. The summed E-state index contributed by atoms with van der Waals surface area (Å²) >= 11 is 0. The van der Waals surface area contributed by atoms with Crippen molar-refractivity contribution in [1.29, 1.82) is 0 Å². The predicted molar refractivity (Wildman–Crippen MR) is 122 cm³/mol. The first-order valence-corrected chi connectivity index (χ1v) is 11.6. The van der Waals surface area contributed by atoms with Crippen molar-refractivity contribution >= 4 is 23.6 Å². The van der Waals surface area contributed by atoms with Gasteiger partial charge in [-0.15, -0.1) is 0 Å². The van der Waals surface area contributed by atoms with E-state index in [0.717, 1.165) is 12.8 Å². The topological polar surface area (TPSA) is 143 Å². The van der Waals surface area contributed by atoms with Gasteiger partial charge in [-0.3, -0.25) is 4.79 Å². The minimum Gasteiger partial charge on any atom is -0.394 e. The summed E-state index contributed by atoms with van der Waals surface area (Å²) in [5, 5.41) is 13.5. The summed E-state index contributed by atoms with van der Waals surface area (Å²) in [6.07, 6.45) is 5.93. The number of piperidine rings is 1. The fourth-order valence-electron chi connectivity index (χ4n) is 4.50. The molecule has 3 fully saturated rings. The average molecular weight is 473 g/mol. The molecular formula is C22H29FN8O3. The van der Waals surface area contributed by atoms with Gasteiger partial charge >= 0.3 is 0 Å². The maximum atomic E-state index is 15.8. The summed E-state index contributed by atoms with van der Waals surface area (Å²) in [6.45, 7) is 2.83. The zero-order valence-electron chi connectivity index (χ0n) is 18.9. The molecule has 11 nitrogen and oxygen atoms in total. The lowest BCUT2D eigenvalue weighted by Gasteiger charge is -2.43. The van der Waals surface area contributed by atoms with Gasteiger partial charge in [-0.2, -0.15) is 4.98 Å². The highest BCUT2D eigenvalue weighted by molar-refractivity contribution is 5.81. The van der Waals surface area contributed by atoms with Crippen LogP contribution < -0.4 is 16.0 Å². The van der Waals surface area contributed by atoms with E-state index >= 15 is 4.39 Å².